The van der Waals surface area contributed by atoms with Crippen molar-refractivity contribution in [3.05, 3.63) is 101 Å². The van der Waals surface area contributed by atoms with Gasteiger partial charge in [-0.05, 0) is 42.0 Å². The van der Waals surface area contributed by atoms with E-state index in [0.29, 0.717) is 28.5 Å². The molecule has 3 aromatic rings. The monoisotopic (exact) mass is 364 g/mol. The first kappa shape index (κ1) is 17.8. The van der Waals surface area contributed by atoms with Gasteiger partial charge in [-0.3, -0.25) is 4.79 Å². The SMILES string of the molecule is O=C(c1ccccc1)c1ccccc1NC(=S)NCc1ccc(F)cc1. The average Bonchev–Trinajstić information content (AvgIpc) is 2.68. The first-order valence-electron chi connectivity index (χ1n) is 8.11. The molecule has 0 radical (unpaired) electrons. The molecule has 0 unspecified atom stereocenters. The Hall–Kier alpha value is -3.05. The summed E-state index contributed by atoms with van der Waals surface area (Å²) in [7, 11) is 0. The van der Waals surface area contributed by atoms with Gasteiger partial charge in [-0.2, -0.15) is 0 Å². The predicted molar refractivity (Wildman–Crippen MR) is 106 cm³/mol. The van der Waals surface area contributed by atoms with E-state index in [-0.39, 0.29) is 11.6 Å². The second-order valence-electron chi connectivity index (χ2n) is 5.67. The molecule has 0 saturated heterocycles. The van der Waals surface area contributed by atoms with Crippen molar-refractivity contribution in [2.75, 3.05) is 5.32 Å². The summed E-state index contributed by atoms with van der Waals surface area (Å²) in [6.45, 7) is 0.459. The molecule has 3 rings (SSSR count). The Morgan fingerprint density at radius 3 is 2.27 bits per heavy atom. The largest absolute Gasteiger partial charge is 0.358 e. The lowest BCUT2D eigenvalue weighted by molar-refractivity contribution is 0.103. The highest BCUT2D eigenvalue weighted by Gasteiger charge is 2.13. The van der Waals surface area contributed by atoms with Crippen molar-refractivity contribution in [3.8, 4) is 0 Å². The third-order valence-electron chi connectivity index (χ3n) is 3.82. The van der Waals surface area contributed by atoms with Crippen molar-refractivity contribution in [1.29, 1.82) is 0 Å². The van der Waals surface area contributed by atoms with Crippen molar-refractivity contribution in [1.82, 2.24) is 5.32 Å². The first-order chi connectivity index (χ1) is 12.6. The molecular weight excluding hydrogens is 347 g/mol. The molecule has 5 heteroatoms. The standard InChI is InChI=1S/C21H17FN2OS/c22-17-12-10-15(11-13-17)14-23-21(26)24-19-9-5-4-8-18(19)20(25)16-6-2-1-3-7-16/h1-13H,14H2,(H2,23,24,26). The second-order valence-corrected chi connectivity index (χ2v) is 6.08. The highest BCUT2D eigenvalue weighted by molar-refractivity contribution is 7.80. The van der Waals surface area contributed by atoms with Gasteiger partial charge >= 0.3 is 0 Å². The van der Waals surface area contributed by atoms with Crippen LogP contribution in [0.5, 0.6) is 0 Å². The number of thiocarbonyl (C=S) groups is 1. The van der Waals surface area contributed by atoms with E-state index in [2.05, 4.69) is 10.6 Å². The fraction of sp³-hybridized carbons (Fsp3) is 0.0476. The highest BCUT2D eigenvalue weighted by atomic mass is 32.1. The van der Waals surface area contributed by atoms with Gasteiger partial charge in [0.25, 0.3) is 0 Å². The Labute approximate surface area is 156 Å². The molecule has 0 bridgehead atoms. The van der Waals surface area contributed by atoms with Crippen LogP contribution in [0.25, 0.3) is 0 Å². The van der Waals surface area contributed by atoms with E-state index >= 15 is 0 Å². The Kier molecular flexibility index (Phi) is 5.71. The number of hydrogen-bond donors (Lipinski definition) is 2. The predicted octanol–water partition coefficient (Wildman–Crippen LogP) is 4.54. The molecule has 26 heavy (non-hydrogen) atoms. The van der Waals surface area contributed by atoms with Crippen LogP contribution in [0, 0.1) is 5.82 Å². The molecule has 0 atom stereocenters. The van der Waals surface area contributed by atoms with Crippen LogP contribution in [0.4, 0.5) is 10.1 Å². The summed E-state index contributed by atoms with van der Waals surface area (Å²) in [4.78, 5) is 12.7. The van der Waals surface area contributed by atoms with Gasteiger partial charge in [-0.25, -0.2) is 4.39 Å². The molecule has 0 aliphatic rings. The van der Waals surface area contributed by atoms with Crippen molar-refractivity contribution >= 4 is 28.8 Å². The molecule has 0 aliphatic heterocycles. The highest BCUT2D eigenvalue weighted by Crippen LogP contribution is 2.19. The second kappa shape index (κ2) is 8.36. The lowest BCUT2D eigenvalue weighted by Crippen LogP contribution is -2.28. The maximum absolute atomic E-state index is 12.9. The van der Waals surface area contributed by atoms with Crippen LogP contribution >= 0.6 is 12.2 Å². The molecule has 0 aromatic heterocycles. The Morgan fingerprint density at radius 2 is 1.54 bits per heavy atom. The normalized spacial score (nSPS) is 10.2. The molecule has 3 aromatic carbocycles. The summed E-state index contributed by atoms with van der Waals surface area (Å²) in [6, 6.07) is 22.5. The number of para-hydroxylation sites is 1. The van der Waals surface area contributed by atoms with E-state index in [9.17, 15) is 9.18 Å². The van der Waals surface area contributed by atoms with Gasteiger partial charge in [0.05, 0.1) is 5.69 Å². The van der Waals surface area contributed by atoms with E-state index in [4.69, 9.17) is 12.2 Å². The summed E-state index contributed by atoms with van der Waals surface area (Å²) >= 11 is 5.32. The van der Waals surface area contributed by atoms with E-state index in [1.807, 2.05) is 36.4 Å². The molecular formula is C21H17FN2OS. The number of carbonyl (C=O) groups is 1. The van der Waals surface area contributed by atoms with Gasteiger partial charge in [0.1, 0.15) is 5.82 Å². The number of nitrogens with one attached hydrogen (secondary N) is 2. The number of hydrogen-bond acceptors (Lipinski definition) is 2. The number of carbonyl (C=O) groups excluding carboxylic acids is 1. The number of benzene rings is 3. The Bertz CT molecular complexity index is 911. The molecule has 0 saturated carbocycles. The van der Waals surface area contributed by atoms with Gasteiger partial charge in [0.15, 0.2) is 10.9 Å². The number of halogens is 1. The van der Waals surface area contributed by atoms with E-state index in [1.165, 1.54) is 12.1 Å². The smallest absolute Gasteiger partial charge is 0.195 e. The van der Waals surface area contributed by atoms with Crippen molar-refractivity contribution in [2.45, 2.75) is 6.54 Å². The zero-order valence-electron chi connectivity index (χ0n) is 13.9. The molecule has 0 aliphatic carbocycles. The fourth-order valence-corrected chi connectivity index (χ4v) is 2.67. The fourth-order valence-electron chi connectivity index (χ4n) is 2.49. The minimum absolute atomic E-state index is 0.0740. The van der Waals surface area contributed by atoms with Crippen LogP contribution in [0.3, 0.4) is 0 Å². The van der Waals surface area contributed by atoms with E-state index in [1.54, 1.807) is 30.3 Å². The average molecular weight is 364 g/mol. The number of ketones is 1. The Morgan fingerprint density at radius 1 is 0.885 bits per heavy atom. The number of rotatable bonds is 5. The van der Waals surface area contributed by atoms with Crippen molar-refractivity contribution in [3.63, 3.8) is 0 Å². The molecule has 0 amide bonds. The first-order valence-corrected chi connectivity index (χ1v) is 8.52. The third kappa shape index (κ3) is 4.52. The molecule has 130 valence electrons. The van der Waals surface area contributed by atoms with Crippen LogP contribution in [-0.2, 0) is 6.54 Å². The summed E-state index contributed by atoms with van der Waals surface area (Å²) in [5.74, 6) is -0.349. The van der Waals surface area contributed by atoms with Crippen molar-refractivity contribution < 1.29 is 9.18 Å². The lowest BCUT2D eigenvalue weighted by Gasteiger charge is -2.14. The zero-order valence-corrected chi connectivity index (χ0v) is 14.7. The van der Waals surface area contributed by atoms with Crippen LogP contribution in [0.15, 0.2) is 78.9 Å². The van der Waals surface area contributed by atoms with Gasteiger partial charge in [-0.15, -0.1) is 0 Å². The third-order valence-corrected chi connectivity index (χ3v) is 4.07. The topological polar surface area (TPSA) is 41.1 Å². The Balaban J connectivity index is 1.69. The van der Waals surface area contributed by atoms with E-state index < -0.39 is 0 Å². The quantitative estimate of drug-likeness (QED) is 0.515. The summed E-state index contributed by atoms with van der Waals surface area (Å²) in [5.41, 5.74) is 2.71. The van der Waals surface area contributed by atoms with Gasteiger partial charge in [0.2, 0.25) is 0 Å². The van der Waals surface area contributed by atoms with Gasteiger partial charge < -0.3 is 10.6 Å². The summed E-state index contributed by atoms with van der Waals surface area (Å²) in [5, 5.41) is 6.52. The maximum atomic E-state index is 12.9. The van der Waals surface area contributed by atoms with Crippen LogP contribution in [-0.4, -0.2) is 10.9 Å². The van der Waals surface area contributed by atoms with Crippen LogP contribution in [0.2, 0.25) is 0 Å². The minimum atomic E-state index is -0.275. The molecule has 0 spiro atoms. The van der Waals surface area contributed by atoms with Crippen LogP contribution < -0.4 is 10.6 Å². The lowest BCUT2D eigenvalue weighted by atomic mass is 10.0. The van der Waals surface area contributed by atoms with Gasteiger partial charge in [0, 0.05) is 17.7 Å². The van der Waals surface area contributed by atoms with Gasteiger partial charge in [-0.1, -0.05) is 54.6 Å². The van der Waals surface area contributed by atoms with Crippen LogP contribution in [0.1, 0.15) is 21.5 Å². The molecule has 0 heterocycles. The van der Waals surface area contributed by atoms with E-state index in [0.717, 1.165) is 5.56 Å². The minimum Gasteiger partial charge on any atom is -0.358 e. The number of anilines is 1. The molecule has 0 fully saturated rings. The zero-order chi connectivity index (χ0) is 18.4. The summed E-state index contributed by atoms with van der Waals surface area (Å²) in [6.07, 6.45) is 0. The van der Waals surface area contributed by atoms with Crippen molar-refractivity contribution in [2.24, 2.45) is 0 Å². The molecule has 2 N–H and O–H groups in total. The molecule has 3 nitrogen and oxygen atoms in total. The summed E-state index contributed by atoms with van der Waals surface area (Å²) < 4.78 is 12.9. The maximum Gasteiger partial charge on any atom is 0.195 e.